The SMILES string of the molecule is O=CNc1ccc2c(c1)nc(C=Cc1ccccc1)n2-c1ccccn1. The first-order chi connectivity index (χ1) is 12.8. The van der Waals surface area contributed by atoms with E-state index in [1.165, 1.54) is 0 Å². The van der Waals surface area contributed by atoms with Crippen LogP contribution in [0.15, 0.2) is 72.9 Å². The smallest absolute Gasteiger partial charge is 0.211 e. The Hall–Kier alpha value is -3.73. The Bertz CT molecular complexity index is 1070. The van der Waals surface area contributed by atoms with Crippen LogP contribution in [0, 0.1) is 0 Å². The molecule has 126 valence electrons. The molecule has 0 radical (unpaired) electrons. The summed E-state index contributed by atoms with van der Waals surface area (Å²) in [5.74, 6) is 1.56. The number of rotatable bonds is 5. The molecule has 2 heterocycles. The number of benzene rings is 2. The van der Waals surface area contributed by atoms with Crippen LogP contribution in [0.4, 0.5) is 5.69 Å². The fraction of sp³-hybridized carbons (Fsp3) is 0. The van der Waals surface area contributed by atoms with E-state index in [4.69, 9.17) is 4.98 Å². The van der Waals surface area contributed by atoms with Crippen molar-refractivity contribution in [2.45, 2.75) is 0 Å². The standard InChI is InChI=1S/C21H16N4O/c26-15-23-17-10-11-19-18(14-17)24-21(12-9-16-6-2-1-3-7-16)25(19)20-8-4-5-13-22-20/h1-15H,(H,23,26). The van der Waals surface area contributed by atoms with Crippen molar-refractivity contribution >= 4 is 35.3 Å². The molecule has 0 saturated heterocycles. The van der Waals surface area contributed by atoms with Crippen molar-refractivity contribution in [3.05, 3.63) is 84.3 Å². The van der Waals surface area contributed by atoms with Gasteiger partial charge in [0.25, 0.3) is 0 Å². The largest absolute Gasteiger partial charge is 0.329 e. The van der Waals surface area contributed by atoms with Crippen molar-refractivity contribution in [1.82, 2.24) is 14.5 Å². The molecule has 0 bridgehead atoms. The zero-order valence-electron chi connectivity index (χ0n) is 13.9. The first-order valence-electron chi connectivity index (χ1n) is 8.22. The average molecular weight is 340 g/mol. The van der Waals surface area contributed by atoms with Crippen LogP contribution < -0.4 is 5.32 Å². The first kappa shape index (κ1) is 15.8. The van der Waals surface area contributed by atoms with Crippen molar-refractivity contribution in [2.75, 3.05) is 5.32 Å². The number of amides is 1. The molecule has 1 N–H and O–H groups in total. The summed E-state index contributed by atoms with van der Waals surface area (Å²) in [6.07, 6.45) is 6.41. The highest BCUT2D eigenvalue weighted by atomic mass is 16.1. The lowest BCUT2D eigenvalue weighted by Gasteiger charge is -2.06. The third-order valence-corrected chi connectivity index (χ3v) is 4.01. The molecule has 4 aromatic rings. The Balaban J connectivity index is 1.87. The minimum absolute atomic E-state index is 0.660. The number of hydrogen-bond donors (Lipinski definition) is 1. The molecule has 2 aromatic heterocycles. The van der Waals surface area contributed by atoms with Crippen molar-refractivity contribution in [2.24, 2.45) is 0 Å². The highest BCUT2D eigenvalue weighted by Crippen LogP contribution is 2.24. The molecule has 5 heteroatoms. The van der Waals surface area contributed by atoms with Gasteiger partial charge in [-0.1, -0.05) is 42.5 Å². The number of imidazole rings is 1. The van der Waals surface area contributed by atoms with Gasteiger partial charge in [-0.05, 0) is 42.0 Å². The summed E-state index contributed by atoms with van der Waals surface area (Å²) in [5, 5.41) is 2.66. The molecule has 1 amide bonds. The van der Waals surface area contributed by atoms with E-state index < -0.39 is 0 Å². The second-order valence-electron chi connectivity index (χ2n) is 5.70. The zero-order valence-corrected chi connectivity index (χ0v) is 13.9. The Kier molecular flexibility index (Phi) is 4.26. The van der Waals surface area contributed by atoms with E-state index in [0.717, 1.165) is 28.2 Å². The molecule has 4 rings (SSSR count). The lowest BCUT2D eigenvalue weighted by atomic mass is 10.2. The highest BCUT2D eigenvalue weighted by Gasteiger charge is 2.12. The quantitative estimate of drug-likeness (QED) is 0.555. The van der Waals surface area contributed by atoms with Gasteiger partial charge in [0.1, 0.15) is 11.6 Å². The summed E-state index contributed by atoms with van der Waals surface area (Å²) in [7, 11) is 0. The van der Waals surface area contributed by atoms with E-state index in [0.29, 0.717) is 12.1 Å². The molecule has 2 aromatic carbocycles. The topological polar surface area (TPSA) is 59.8 Å². The van der Waals surface area contributed by atoms with Crippen molar-refractivity contribution < 1.29 is 4.79 Å². The number of anilines is 1. The molecule has 0 aliphatic rings. The minimum Gasteiger partial charge on any atom is -0.329 e. The van der Waals surface area contributed by atoms with Gasteiger partial charge in [0, 0.05) is 11.9 Å². The lowest BCUT2D eigenvalue weighted by Crippen LogP contribution is -1.99. The number of carbonyl (C=O) groups excluding carboxylic acids is 1. The van der Waals surface area contributed by atoms with Crippen molar-refractivity contribution in [3.8, 4) is 5.82 Å². The molecule has 0 aliphatic carbocycles. The number of fused-ring (bicyclic) bond motifs is 1. The normalized spacial score (nSPS) is 11.1. The molecular weight excluding hydrogens is 324 g/mol. The zero-order chi connectivity index (χ0) is 17.8. The van der Waals surface area contributed by atoms with Gasteiger partial charge in [-0.25, -0.2) is 9.97 Å². The van der Waals surface area contributed by atoms with Gasteiger partial charge >= 0.3 is 0 Å². The molecule has 0 atom stereocenters. The minimum atomic E-state index is 0.660. The van der Waals surface area contributed by atoms with Crippen LogP contribution in [0.3, 0.4) is 0 Å². The van der Waals surface area contributed by atoms with Crippen molar-refractivity contribution in [3.63, 3.8) is 0 Å². The summed E-state index contributed by atoms with van der Waals surface area (Å²) in [6, 6.07) is 21.5. The maximum absolute atomic E-state index is 10.7. The van der Waals surface area contributed by atoms with Crippen LogP contribution in [-0.2, 0) is 4.79 Å². The summed E-state index contributed by atoms with van der Waals surface area (Å²) in [6.45, 7) is 0. The van der Waals surface area contributed by atoms with Crippen LogP contribution in [0.1, 0.15) is 11.4 Å². The van der Waals surface area contributed by atoms with Gasteiger partial charge < -0.3 is 5.32 Å². The molecular formula is C21H16N4O. The third-order valence-electron chi connectivity index (χ3n) is 4.01. The van der Waals surface area contributed by atoms with Crippen LogP contribution in [0.2, 0.25) is 0 Å². The van der Waals surface area contributed by atoms with Crippen LogP contribution in [0.5, 0.6) is 0 Å². The Morgan fingerprint density at radius 3 is 2.54 bits per heavy atom. The maximum Gasteiger partial charge on any atom is 0.211 e. The number of carbonyl (C=O) groups is 1. The van der Waals surface area contributed by atoms with Gasteiger partial charge in [-0.2, -0.15) is 0 Å². The van der Waals surface area contributed by atoms with E-state index in [9.17, 15) is 4.79 Å². The van der Waals surface area contributed by atoms with E-state index in [1.54, 1.807) is 6.20 Å². The summed E-state index contributed by atoms with van der Waals surface area (Å²) in [4.78, 5) is 19.9. The number of aromatic nitrogens is 3. The number of nitrogens with one attached hydrogen (secondary N) is 1. The Morgan fingerprint density at radius 1 is 0.923 bits per heavy atom. The monoisotopic (exact) mass is 340 g/mol. The first-order valence-corrected chi connectivity index (χ1v) is 8.22. The van der Waals surface area contributed by atoms with Crippen LogP contribution in [-0.4, -0.2) is 20.9 Å². The second kappa shape index (κ2) is 7.03. The number of nitrogens with zero attached hydrogens (tertiary/aromatic N) is 3. The molecule has 0 spiro atoms. The number of pyridine rings is 1. The van der Waals surface area contributed by atoms with E-state index in [2.05, 4.69) is 10.3 Å². The van der Waals surface area contributed by atoms with Gasteiger partial charge in [0.15, 0.2) is 0 Å². The summed E-state index contributed by atoms with van der Waals surface area (Å²) < 4.78 is 2.00. The Labute approximate surface area is 150 Å². The summed E-state index contributed by atoms with van der Waals surface area (Å²) >= 11 is 0. The van der Waals surface area contributed by atoms with E-state index >= 15 is 0 Å². The molecule has 0 saturated carbocycles. The fourth-order valence-corrected chi connectivity index (χ4v) is 2.83. The third kappa shape index (κ3) is 3.10. The highest BCUT2D eigenvalue weighted by molar-refractivity contribution is 5.86. The fourth-order valence-electron chi connectivity index (χ4n) is 2.83. The molecule has 0 fully saturated rings. The molecule has 0 aliphatic heterocycles. The van der Waals surface area contributed by atoms with Crippen LogP contribution >= 0.6 is 0 Å². The van der Waals surface area contributed by atoms with E-state index in [1.807, 2.05) is 83.4 Å². The molecule has 5 nitrogen and oxygen atoms in total. The van der Waals surface area contributed by atoms with E-state index in [-0.39, 0.29) is 0 Å². The summed E-state index contributed by atoms with van der Waals surface area (Å²) in [5.41, 5.74) is 3.51. The second-order valence-corrected chi connectivity index (χ2v) is 5.70. The van der Waals surface area contributed by atoms with Gasteiger partial charge in [-0.15, -0.1) is 0 Å². The maximum atomic E-state index is 10.7. The predicted octanol–water partition coefficient (Wildman–Crippen LogP) is 4.16. The van der Waals surface area contributed by atoms with Crippen molar-refractivity contribution in [1.29, 1.82) is 0 Å². The Morgan fingerprint density at radius 2 is 1.77 bits per heavy atom. The molecule has 26 heavy (non-hydrogen) atoms. The van der Waals surface area contributed by atoms with Gasteiger partial charge in [-0.3, -0.25) is 9.36 Å². The molecule has 0 unspecified atom stereocenters. The van der Waals surface area contributed by atoms with Gasteiger partial charge in [0.2, 0.25) is 6.41 Å². The average Bonchev–Trinajstić information content (AvgIpc) is 3.06. The van der Waals surface area contributed by atoms with Crippen LogP contribution in [0.25, 0.3) is 29.0 Å². The predicted molar refractivity (Wildman–Crippen MR) is 104 cm³/mol. The lowest BCUT2D eigenvalue weighted by molar-refractivity contribution is -0.105. The number of hydrogen-bond acceptors (Lipinski definition) is 3. The van der Waals surface area contributed by atoms with Gasteiger partial charge in [0.05, 0.1) is 11.0 Å².